The summed E-state index contributed by atoms with van der Waals surface area (Å²) in [6.45, 7) is 3.63. The minimum Gasteiger partial charge on any atom is -0.481 e. The number of nitrogens with zero attached hydrogens (tertiary/aromatic N) is 2. The molecule has 2 atom stereocenters. The Morgan fingerprint density at radius 2 is 2.17 bits per heavy atom. The van der Waals surface area contributed by atoms with Crippen molar-refractivity contribution in [3.05, 3.63) is 41.6 Å². The van der Waals surface area contributed by atoms with Crippen molar-refractivity contribution in [2.75, 3.05) is 11.5 Å². The second-order valence-electron chi connectivity index (χ2n) is 6.14. The molecule has 0 saturated carbocycles. The minimum absolute atomic E-state index is 0.0977. The maximum absolute atomic E-state index is 12.9. The van der Waals surface area contributed by atoms with Crippen LogP contribution < -0.4 is 11.1 Å². The molecule has 1 fully saturated rings. The highest BCUT2D eigenvalue weighted by Crippen LogP contribution is 2.43. The van der Waals surface area contributed by atoms with Gasteiger partial charge in [0.1, 0.15) is 5.37 Å². The fourth-order valence-electron chi connectivity index (χ4n) is 2.92. The number of carboxylic acid groups (broad SMARTS) is 2. The van der Waals surface area contributed by atoms with Crippen molar-refractivity contribution in [2.24, 2.45) is 0 Å². The highest BCUT2D eigenvalue weighted by Gasteiger charge is 2.68. The summed E-state index contributed by atoms with van der Waals surface area (Å²) < 4.78 is 0. The molecule has 3 heterocycles. The van der Waals surface area contributed by atoms with Crippen LogP contribution in [0.2, 0.25) is 0 Å². The molecule has 1 saturated heterocycles. The maximum atomic E-state index is 12.9. The van der Waals surface area contributed by atoms with Gasteiger partial charge in [-0.25, -0.2) is 9.78 Å². The molecular weight excluding hydrogens is 420 g/mol. The zero-order valence-electron chi connectivity index (χ0n) is 14.8. The lowest BCUT2D eigenvalue weighted by molar-refractivity contribution is -0.169. The van der Waals surface area contributed by atoms with Crippen LogP contribution in [0.3, 0.4) is 0 Å². The van der Waals surface area contributed by atoms with Crippen molar-refractivity contribution in [3.63, 3.8) is 0 Å². The smallest absolute Gasteiger partial charge is 0.342 e. The molecule has 3 rings (SSSR count). The number of thioether (sulfide) groups is 1. The topological polar surface area (TPSA) is 163 Å². The number of carbonyl (C=O) groups is 4. The first kappa shape index (κ1) is 20.6. The van der Waals surface area contributed by atoms with Crippen LogP contribution in [-0.4, -0.2) is 60.5 Å². The van der Waals surface area contributed by atoms with Gasteiger partial charge in [-0.2, -0.15) is 0 Å². The number of nitrogen functional groups attached to an aromatic ring is 1. The lowest BCUT2D eigenvalue weighted by atomic mass is 9.87. The number of carboxylic acids is 2. The van der Waals surface area contributed by atoms with Crippen molar-refractivity contribution >= 4 is 57.6 Å². The van der Waals surface area contributed by atoms with Crippen LogP contribution in [0.15, 0.2) is 35.9 Å². The number of hydrogen-bond acceptors (Lipinski definition) is 8. The van der Waals surface area contributed by atoms with Gasteiger partial charge in [-0.1, -0.05) is 18.7 Å². The lowest BCUT2D eigenvalue weighted by Crippen LogP contribution is -2.81. The molecule has 10 nitrogen and oxygen atoms in total. The monoisotopic (exact) mass is 436 g/mol. The van der Waals surface area contributed by atoms with Crippen LogP contribution in [0.25, 0.3) is 5.57 Å². The SMILES string of the molecule is C=CC1=CN2C(=O)[C@](NC(=O)C(=CCC(=O)O)c3csc(N)n3)(C(=O)O)[C@@H]2SC1. The summed E-state index contributed by atoms with van der Waals surface area (Å²) in [5.41, 5.74) is 4.09. The van der Waals surface area contributed by atoms with Crippen LogP contribution >= 0.6 is 23.1 Å². The van der Waals surface area contributed by atoms with Gasteiger partial charge in [-0.3, -0.25) is 19.3 Å². The minimum atomic E-state index is -2.17. The van der Waals surface area contributed by atoms with Crippen molar-refractivity contribution in [1.29, 1.82) is 0 Å². The van der Waals surface area contributed by atoms with Gasteiger partial charge in [0.25, 0.3) is 11.8 Å². The molecule has 12 heteroatoms. The normalized spacial score (nSPS) is 23.5. The molecule has 1 aromatic heterocycles. The van der Waals surface area contributed by atoms with Gasteiger partial charge in [0.05, 0.1) is 17.7 Å². The molecule has 0 radical (unpaired) electrons. The summed E-state index contributed by atoms with van der Waals surface area (Å²) in [5.74, 6) is -4.00. The van der Waals surface area contributed by atoms with Crippen molar-refractivity contribution in [2.45, 2.75) is 17.3 Å². The number of thiazole rings is 1. The number of rotatable bonds is 7. The maximum Gasteiger partial charge on any atom is 0.342 e. The molecule has 152 valence electrons. The fraction of sp³-hybridized carbons (Fsp3) is 0.235. The first-order valence-electron chi connectivity index (χ1n) is 8.17. The Hall–Kier alpha value is -3.12. The first-order valence-corrected chi connectivity index (χ1v) is 10.1. The van der Waals surface area contributed by atoms with Crippen LogP contribution in [0, 0.1) is 0 Å². The second kappa shape index (κ2) is 7.72. The van der Waals surface area contributed by atoms with Crippen LogP contribution in [0.4, 0.5) is 5.13 Å². The van der Waals surface area contributed by atoms with Crippen LogP contribution in [0.1, 0.15) is 12.1 Å². The lowest BCUT2D eigenvalue weighted by Gasteiger charge is -2.53. The number of amides is 2. The van der Waals surface area contributed by atoms with E-state index in [1.54, 1.807) is 6.08 Å². The third kappa shape index (κ3) is 3.51. The van der Waals surface area contributed by atoms with Crippen LogP contribution in [-0.2, 0) is 19.2 Å². The summed E-state index contributed by atoms with van der Waals surface area (Å²) >= 11 is 2.21. The molecule has 0 unspecified atom stereocenters. The summed E-state index contributed by atoms with van der Waals surface area (Å²) in [6, 6.07) is 0. The quantitative estimate of drug-likeness (QED) is 0.271. The first-order chi connectivity index (χ1) is 13.7. The highest BCUT2D eigenvalue weighted by atomic mass is 32.2. The zero-order chi connectivity index (χ0) is 21.3. The number of hydrogen-bond donors (Lipinski definition) is 4. The summed E-state index contributed by atoms with van der Waals surface area (Å²) in [7, 11) is 0. The molecular formula is C17H16N4O6S2. The molecule has 0 aliphatic carbocycles. The number of allylic oxidation sites excluding steroid dienone is 1. The average Bonchev–Trinajstić information content (AvgIpc) is 3.10. The van der Waals surface area contributed by atoms with E-state index < -0.39 is 41.1 Å². The largest absolute Gasteiger partial charge is 0.481 e. The number of aliphatic carboxylic acids is 2. The van der Waals surface area contributed by atoms with Gasteiger partial charge in [-0.15, -0.1) is 23.1 Å². The third-order valence-corrected chi connectivity index (χ3v) is 6.41. The summed E-state index contributed by atoms with van der Waals surface area (Å²) in [5, 5.41) is 21.8. The predicted octanol–water partition coefficient (Wildman–Crippen LogP) is 0.508. The van der Waals surface area contributed by atoms with E-state index in [0.29, 0.717) is 5.75 Å². The number of anilines is 1. The number of aromatic nitrogens is 1. The Morgan fingerprint density at radius 3 is 2.72 bits per heavy atom. The fourth-order valence-corrected chi connectivity index (χ4v) is 4.85. The van der Waals surface area contributed by atoms with E-state index in [-0.39, 0.29) is 16.4 Å². The molecule has 0 bridgehead atoms. The van der Waals surface area contributed by atoms with Gasteiger partial charge in [0.2, 0.25) is 5.54 Å². The van der Waals surface area contributed by atoms with Gasteiger partial charge >= 0.3 is 11.9 Å². The Morgan fingerprint density at radius 1 is 1.45 bits per heavy atom. The predicted molar refractivity (Wildman–Crippen MR) is 107 cm³/mol. The van der Waals surface area contributed by atoms with E-state index in [2.05, 4.69) is 16.9 Å². The van der Waals surface area contributed by atoms with E-state index in [0.717, 1.165) is 23.0 Å². The van der Waals surface area contributed by atoms with Crippen molar-refractivity contribution in [3.8, 4) is 0 Å². The van der Waals surface area contributed by atoms with E-state index in [4.69, 9.17) is 10.8 Å². The number of fused-ring (bicyclic) bond motifs is 1. The Bertz CT molecular complexity index is 984. The molecule has 2 amide bonds. The van der Waals surface area contributed by atoms with E-state index in [1.807, 2.05) is 0 Å². The number of carbonyl (C=O) groups excluding carboxylic acids is 2. The van der Waals surface area contributed by atoms with E-state index >= 15 is 0 Å². The Balaban J connectivity index is 1.93. The van der Waals surface area contributed by atoms with Crippen molar-refractivity contribution in [1.82, 2.24) is 15.2 Å². The molecule has 0 aromatic carbocycles. The molecule has 1 aromatic rings. The molecule has 5 N–H and O–H groups in total. The third-order valence-electron chi connectivity index (χ3n) is 4.34. The summed E-state index contributed by atoms with van der Waals surface area (Å²) in [4.78, 5) is 53.7. The Kier molecular flexibility index (Phi) is 5.48. The van der Waals surface area contributed by atoms with Gasteiger partial charge in [-0.05, 0) is 5.57 Å². The molecule has 29 heavy (non-hydrogen) atoms. The zero-order valence-corrected chi connectivity index (χ0v) is 16.5. The standard InChI is InChI=1S/C17H16N4O6S2/c1-2-8-5-21-13(25)17(15(26)27,14(21)28-6-8)20-12(24)9(3-4-11(22)23)10-7-29-16(18)19-10/h2-3,5,7,14H,1,4,6H2,(H2,18,19)(H,20,24)(H,22,23)(H,26,27)/t14-,17+/m0/s1. The Labute approximate surface area is 172 Å². The van der Waals surface area contributed by atoms with Gasteiger partial charge < -0.3 is 21.3 Å². The molecule has 0 spiro atoms. The summed E-state index contributed by atoms with van der Waals surface area (Å²) in [6.07, 6.45) is 3.68. The van der Waals surface area contributed by atoms with E-state index in [9.17, 15) is 24.3 Å². The van der Waals surface area contributed by atoms with Crippen molar-refractivity contribution < 1.29 is 29.4 Å². The number of β-lactam (4-membered cyclic amide) rings is 1. The number of nitrogens with two attached hydrogens (primary N) is 1. The van der Waals surface area contributed by atoms with Crippen LogP contribution in [0.5, 0.6) is 0 Å². The second-order valence-corrected chi connectivity index (χ2v) is 8.10. The molecule has 2 aliphatic rings. The average molecular weight is 436 g/mol. The number of nitrogens with one attached hydrogen (secondary N) is 1. The highest BCUT2D eigenvalue weighted by molar-refractivity contribution is 8.00. The van der Waals surface area contributed by atoms with Gasteiger partial charge in [0.15, 0.2) is 5.13 Å². The van der Waals surface area contributed by atoms with E-state index in [1.165, 1.54) is 28.2 Å². The molecule has 2 aliphatic heterocycles. The van der Waals surface area contributed by atoms with Gasteiger partial charge in [0, 0.05) is 17.3 Å².